The van der Waals surface area contributed by atoms with Gasteiger partial charge in [0.05, 0.1) is 0 Å². The molecule has 1 aliphatic heterocycles. The molecule has 16 heavy (non-hydrogen) atoms. The average molecular weight is 222 g/mol. The molecule has 90 valence electrons. The first-order valence-electron chi connectivity index (χ1n) is 6.32. The third-order valence-electron chi connectivity index (χ3n) is 3.26. The van der Waals surface area contributed by atoms with Crippen LogP contribution in [0.5, 0.6) is 0 Å². The molecule has 0 saturated carbocycles. The van der Waals surface area contributed by atoms with Gasteiger partial charge in [0.1, 0.15) is 18.0 Å². The highest BCUT2D eigenvalue weighted by molar-refractivity contribution is 5.23. The average Bonchev–Trinajstić information content (AvgIpc) is 2.27. The van der Waals surface area contributed by atoms with E-state index < -0.39 is 0 Å². The highest BCUT2D eigenvalue weighted by Gasteiger charge is 2.36. The van der Waals surface area contributed by atoms with E-state index in [1.54, 1.807) is 0 Å². The Labute approximate surface area is 98.3 Å². The molecule has 2 rings (SSSR count). The van der Waals surface area contributed by atoms with Gasteiger partial charge in [-0.2, -0.15) is 0 Å². The van der Waals surface area contributed by atoms with Crippen LogP contribution < -0.4 is 0 Å². The van der Waals surface area contributed by atoms with E-state index in [-0.39, 0.29) is 12.2 Å². The van der Waals surface area contributed by atoms with Crippen LogP contribution in [0.3, 0.4) is 0 Å². The van der Waals surface area contributed by atoms with Crippen LogP contribution in [0, 0.1) is 11.8 Å². The second-order valence-corrected chi connectivity index (χ2v) is 5.38. The molecule has 0 saturated heterocycles. The predicted octanol–water partition coefficient (Wildman–Crippen LogP) is 3.64. The summed E-state index contributed by atoms with van der Waals surface area (Å²) in [4.78, 5) is 0. The molecule has 0 amide bonds. The molecule has 0 fully saturated rings. The zero-order chi connectivity index (χ0) is 11.7. The van der Waals surface area contributed by atoms with Gasteiger partial charge in [0.25, 0.3) is 0 Å². The third-order valence-corrected chi connectivity index (χ3v) is 3.26. The van der Waals surface area contributed by atoms with Gasteiger partial charge in [0, 0.05) is 6.42 Å². The van der Waals surface area contributed by atoms with Crippen molar-refractivity contribution < 1.29 is 9.47 Å². The Balaban J connectivity index is 2.22. The number of rotatable bonds is 2. The van der Waals surface area contributed by atoms with Gasteiger partial charge in [-0.15, -0.1) is 0 Å². The smallest absolute Gasteiger partial charge is 0.157 e. The summed E-state index contributed by atoms with van der Waals surface area (Å²) < 4.78 is 12.2. The number of hydrogen-bond donors (Lipinski definition) is 0. The Morgan fingerprint density at radius 3 is 2.31 bits per heavy atom. The van der Waals surface area contributed by atoms with Gasteiger partial charge in [-0.05, 0) is 24.3 Å². The maximum absolute atomic E-state index is 6.13. The Morgan fingerprint density at radius 1 is 1.06 bits per heavy atom. The molecule has 2 heteroatoms. The minimum atomic E-state index is 0.182. The molecule has 2 aliphatic rings. The lowest BCUT2D eigenvalue weighted by atomic mass is 9.92. The first kappa shape index (κ1) is 11.6. The van der Waals surface area contributed by atoms with Gasteiger partial charge >= 0.3 is 0 Å². The van der Waals surface area contributed by atoms with E-state index in [0.29, 0.717) is 11.8 Å². The van der Waals surface area contributed by atoms with Crippen molar-refractivity contribution in [1.82, 2.24) is 0 Å². The van der Waals surface area contributed by atoms with Crippen LogP contribution in [-0.4, -0.2) is 12.2 Å². The fourth-order valence-electron chi connectivity index (χ4n) is 2.32. The molecule has 0 aromatic rings. The van der Waals surface area contributed by atoms with Crippen molar-refractivity contribution in [2.45, 2.75) is 52.7 Å². The topological polar surface area (TPSA) is 18.5 Å². The van der Waals surface area contributed by atoms with Crippen molar-refractivity contribution in [3.8, 4) is 0 Å². The van der Waals surface area contributed by atoms with Gasteiger partial charge < -0.3 is 9.47 Å². The predicted molar refractivity (Wildman–Crippen MR) is 64.8 cm³/mol. The summed E-state index contributed by atoms with van der Waals surface area (Å²) in [5, 5.41) is 0. The number of hydrogen-bond acceptors (Lipinski definition) is 2. The molecular weight excluding hydrogens is 200 g/mol. The maximum atomic E-state index is 6.13. The van der Waals surface area contributed by atoms with Crippen LogP contribution in [0.2, 0.25) is 0 Å². The van der Waals surface area contributed by atoms with E-state index in [1.165, 1.54) is 0 Å². The van der Waals surface area contributed by atoms with E-state index in [9.17, 15) is 0 Å². The molecule has 0 bridgehead atoms. The summed E-state index contributed by atoms with van der Waals surface area (Å²) in [5.74, 6) is 2.99. The monoisotopic (exact) mass is 222 g/mol. The van der Waals surface area contributed by atoms with Crippen molar-refractivity contribution in [3.05, 3.63) is 23.7 Å². The molecule has 0 aromatic carbocycles. The summed E-state index contributed by atoms with van der Waals surface area (Å²) in [7, 11) is 0. The van der Waals surface area contributed by atoms with Crippen molar-refractivity contribution in [2.24, 2.45) is 11.8 Å². The quantitative estimate of drug-likeness (QED) is 0.710. The first-order valence-corrected chi connectivity index (χ1v) is 6.32. The molecular formula is C14H22O2. The second kappa shape index (κ2) is 4.52. The van der Waals surface area contributed by atoms with E-state index in [0.717, 1.165) is 24.4 Å². The molecule has 0 spiro atoms. The van der Waals surface area contributed by atoms with Crippen LogP contribution in [-0.2, 0) is 9.47 Å². The summed E-state index contributed by atoms with van der Waals surface area (Å²) in [5.41, 5.74) is 0. The summed E-state index contributed by atoms with van der Waals surface area (Å²) in [6, 6.07) is 0. The highest BCUT2D eigenvalue weighted by atomic mass is 16.6. The normalized spacial score (nSPS) is 29.1. The Hall–Kier alpha value is -0.920. The maximum Gasteiger partial charge on any atom is 0.157 e. The van der Waals surface area contributed by atoms with Crippen LogP contribution in [0.4, 0.5) is 0 Å². The van der Waals surface area contributed by atoms with E-state index in [4.69, 9.17) is 9.47 Å². The van der Waals surface area contributed by atoms with Crippen molar-refractivity contribution in [2.75, 3.05) is 0 Å². The van der Waals surface area contributed by atoms with Gasteiger partial charge in [0.15, 0.2) is 5.76 Å². The lowest BCUT2D eigenvalue weighted by Crippen LogP contribution is -2.42. The zero-order valence-electron chi connectivity index (χ0n) is 10.7. The largest absolute Gasteiger partial charge is 0.487 e. The SMILES string of the molecule is CC(C)C1OC2=C(CCC=C2)OC1C(C)C. The van der Waals surface area contributed by atoms with Gasteiger partial charge in [-0.1, -0.05) is 33.8 Å². The van der Waals surface area contributed by atoms with Gasteiger partial charge in [-0.3, -0.25) is 0 Å². The highest BCUT2D eigenvalue weighted by Crippen LogP contribution is 2.35. The Kier molecular flexibility index (Phi) is 3.27. The molecule has 1 aliphatic carbocycles. The minimum Gasteiger partial charge on any atom is -0.487 e. The van der Waals surface area contributed by atoms with E-state index >= 15 is 0 Å². The molecule has 1 heterocycles. The van der Waals surface area contributed by atoms with Crippen LogP contribution in [0.15, 0.2) is 23.7 Å². The first-order chi connectivity index (χ1) is 7.59. The lowest BCUT2D eigenvalue weighted by Gasteiger charge is -2.39. The molecule has 0 N–H and O–H groups in total. The van der Waals surface area contributed by atoms with Crippen LogP contribution in [0.1, 0.15) is 40.5 Å². The summed E-state index contributed by atoms with van der Waals surface area (Å²) >= 11 is 0. The van der Waals surface area contributed by atoms with Gasteiger partial charge in [-0.25, -0.2) is 0 Å². The van der Waals surface area contributed by atoms with Crippen molar-refractivity contribution in [1.29, 1.82) is 0 Å². The van der Waals surface area contributed by atoms with E-state index in [2.05, 4.69) is 39.8 Å². The lowest BCUT2D eigenvalue weighted by molar-refractivity contribution is -0.100. The Bertz CT molecular complexity index is 313. The minimum absolute atomic E-state index is 0.182. The second-order valence-electron chi connectivity index (χ2n) is 5.38. The van der Waals surface area contributed by atoms with Gasteiger partial charge in [0.2, 0.25) is 0 Å². The fourth-order valence-corrected chi connectivity index (χ4v) is 2.32. The van der Waals surface area contributed by atoms with Crippen LogP contribution in [0.25, 0.3) is 0 Å². The summed E-state index contributed by atoms with van der Waals surface area (Å²) in [6.07, 6.45) is 6.66. The molecule has 2 atom stereocenters. The fraction of sp³-hybridized carbons (Fsp3) is 0.714. The molecule has 2 unspecified atom stereocenters. The molecule has 0 aromatic heterocycles. The molecule has 2 nitrogen and oxygen atoms in total. The van der Waals surface area contributed by atoms with Crippen molar-refractivity contribution in [3.63, 3.8) is 0 Å². The molecule has 0 radical (unpaired) electrons. The number of allylic oxidation sites excluding steroid dienone is 3. The number of ether oxygens (including phenoxy) is 2. The van der Waals surface area contributed by atoms with Crippen molar-refractivity contribution >= 4 is 0 Å². The third kappa shape index (κ3) is 2.11. The standard InChI is InChI=1S/C14H22O2/c1-9(2)13-14(10(3)4)16-12-8-6-5-7-11(12)15-13/h5,7,9-10,13-14H,6,8H2,1-4H3. The Morgan fingerprint density at radius 2 is 1.69 bits per heavy atom. The summed E-state index contributed by atoms with van der Waals surface area (Å²) in [6.45, 7) is 8.80. The zero-order valence-corrected chi connectivity index (χ0v) is 10.7. The van der Waals surface area contributed by atoms with Crippen LogP contribution >= 0.6 is 0 Å². The van der Waals surface area contributed by atoms with E-state index in [1.807, 2.05) is 0 Å².